The maximum Gasteiger partial charge on any atom is 0.137 e. The summed E-state index contributed by atoms with van der Waals surface area (Å²) in [5.41, 5.74) is 3.92. The molecule has 0 amide bonds. The Bertz CT molecular complexity index is 548. The summed E-state index contributed by atoms with van der Waals surface area (Å²) in [7, 11) is 0. The van der Waals surface area contributed by atoms with E-state index in [1.54, 1.807) is 0 Å². The molecule has 1 heterocycles. The van der Waals surface area contributed by atoms with Crippen molar-refractivity contribution in [3.05, 3.63) is 47.5 Å². The molecule has 3 heteroatoms. The summed E-state index contributed by atoms with van der Waals surface area (Å²) >= 11 is -0.997. The smallest absolute Gasteiger partial charge is 0.137 e. The molecular formula is C17H23NOS. The second-order valence-electron chi connectivity index (χ2n) is 7.01. The fourth-order valence-corrected chi connectivity index (χ4v) is 5.10. The van der Waals surface area contributed by atoms with Crippen molar-refractivity contribution in [1.29, 1.82) is 0 Å². The fourth-order valence-electron chi connectivity index (χ4n) is 3.57. The van der Waals surface area contributed by atoms with E-state index in [0.717, 1.165) is 25.8 Å². The van der Waals surface area contributed by atoms with E-state index in [2.05, 4.69) is 55.9 Å². The van der Waals surface area contributed by atoms with Crippen molar-refractivity contribution in [3.8, 4) is 0 Å². The van der Waals surface area contributed by atoms with Gasteiger partial charge in [0.2, 0.25) is 0 Å². The average Bonchev–Trinajstić information content (AvgIpc) is 2.91. The van der Waals surface area contributed by atoms with E-state index in [4.69, 9.17) is 0 Å². The van der Waals surface area contributed by atoms with E-state index >= 15 is 0 Å². The molecule has 1 aliphatic carbocycles. The van der Waals surface area contributed by atoms with Crippen LogP contribution in [0.2, 0.25) is 0 Å². The topological polar surface area (TPSA) is 26.3 Å². The molecule has 20 heavy (non-hydrogen) atoms. The second-order valence-corrected chi connectivity index (χ2v) is 9.18. The minimum Gasteiger partial charge on any atom is -0.597 e. The molecule has 1 aliphatic heterocycles. The molecule has 1 unspecified atom stereocenters. The van der Waals surface area contributed by atoms with E-state index in [1.165, 1.54) is 16.7 Å². The molecule has 108 valence electrons. The van der Waals surface area contributed by atoms with Crippen molar-refractivity contribution < 1.29 is 4.55 Å². The van der Waals surface area contributed by atoms with Crippen molar-refractivity contribution in [3.63, 3.8) is 0 Å². The minimum atomic E-state index is -0.997. The molecule has 1 aromatic rings. The highest BCUT2D eigenvalue weighted by atomic mass is 32.2. The largest absolute Gasteiger partial charge is 0.597 e. The molecule has 1 fully saturated rings. The molecule has 0 bridgehead atoms. The van der Waals surface area contributed by atoms with E-state index < -0.39 is 11.4 Å². The van der Waals surface area contributed by atoms with Crippen molar-refractivity contribution in [2.24, 2.45) is 0 Å². The van der Waals surface area contributed by atoms with E-state index in [0.29, 0.717) is 0 Å². The molecule has 2 nitrogen and oxygen atoms in total. The zero-order valence-electron chi connectivity index (χ0n) is 12.6. The fraction of sp³-hybridized carbons (Fsp3) is 0.529. The lowest BCUT2D eigenvalue weighted by Crippen LogP contribution is -2.50. The van der Waals surface area contributed by atoms with Gasteiger partial charge in [-0.15, -0.1) is 4.31 Å². The van der Waals surface area contributed by atoms with Crippen molar-refractivity contribution in [2.45, 2.75) is 50.3 Å². The summed E-state index contributed by atoms with van der Waals surface area (Å²) in [6.07, 6.45) is 3.10. The molecule has 3 rings (SSSR count). The second kappa shape index (κ2) is 4.62. The molecule has 0 aromatic heterocycles. The SMILES string of the molecule is C=C1CN([S+]([O-])C(C)(C)C)[C@]2(CCc3ccccc32)C1. The van der Waals surface area contributed by atoms with Crippen LogP contribution in [0.15, 0.2) is 36.4 Å². The quantitative estimate of drug-likeness (QED) is 0.584. The number of benzene rings is 1. The first kappa shape index (κ1) is 14.2. The maximum atomic E-state index is 13.0. The van der Waals surface area contributed by atoms with Gasteiger partial charge in [-0.2, -0.15) is 0 Å². The highest BCUT2D eigenvalue weighted by Crippen LogP contribution is 2.52. The van der Waals surface area contributed by atoms with Crippen LogP contribution < -0.4 is 0 Å². The first-order valence-corrected chi connectivity index (χ1v) is 8.40. The van der Waals surface area contributed by atoms with Gasteiger partial charge < -0.3 is 4.55 Å². The predicted molar refractivity (Wildman–Crippen MR) is 84.8 cm³/mol. The summed E-state index contributed by atoms with van der Waals surface area (Å²) in [5, 5.41) is 0. The van der Waals surface area contributed by atoms with Crippen LogP contribution in [0.5, 0.6) is 0 Å². The van der Waals surface area contributed by atoms with Crippen LogP contribution in [0, 0.1) is 0 Å². The van der Waals surface area contributed by atoms with Crippen molar-refractivity contribution in [2.75, 3.05) is 6.54 Å². The third kappa shape index (κ3) is 2.03. The van der Waals surface area contributed by atoms with Gasteiger partial charge in [0.25, 0.3) is 0 Å². The first-order chi connectivity index (χ1) is 9.34. The van der Waals surface area contributed by atoms with Crippen molar-refractivity contribution in [1.82, 2.24) is 4.31 Å². The lowest BCUT2D eigenvalue weighted by Gasteiger charge is -2.39. The molecule has 2 aliphatic rings. The first-order valence-electron chi connectivity index (χ1n) is 7.29. The van der Waals surface area contributed by atoms with Crippen LogP contribution >= 0.6 is 0 Å². The van der Waals surface area contributed by atoms with Gasteiger partial charge in [-0.3, -0.25) is 0 Å². The highest BCUT2D eigenvalue weighted by Gasteiger charge is 2.55. The number of hydrogen-bond donors (Lipinski definition) is 0. The summed E-state index contributed by atoms with van der Waals surface area (Å²) in [4.78, 5) is 0. The van der Waals surface area contributed by atoms with Crippen LogP contribution in [-0.4, -0.2) is 20.1 Å². The summed E-state index contributed by atoms with van der Waals surface area (Å²) in [5.74, 6) is 0. The van der Waals surface area contributed by atoms with Gasteiger partial charge in [0.05, 0.1) is 12.1 Å². The standard InChI is InChI=1S/C17H23NOS/c1-13-11-17(18(12-13)20(19)16(2,3)4)10-9-14-7-5-6-8-15(14)17/h5-8H,1,9-12H2,2-4H3/t17-,20?/m1/s1. The number of aryl methyl sites for hydroxylation is 1. The van der Waals surface area contributed by atoms with Gasteiger partial charge in [0.1, 0.15) is 4.75 Å². The molecular weight excluding hydrogens is 266 g/mol. The lowest BCUT2D eigenvalue weighted by molar-refractivity contribution is 0.237. The molecule has 1 aromatic carbocycles. The monoisotopic (exact) mass is 289 g/mol. The Morgan fingerprint density at radius 3 is 2.70 bits per heavy atom. The van der Waals surface area contributed by atoms with Crippen LogP contribution in [0.1, 0.15) is 44.7 Å². The number of fused-ring (bicyclic) bond motifs is 2. The molecule has 2 atom stereocenters. The Hall–Kier alpha value is -0.770. The molecule has 0 saturated carbocycles. The van der Waals surface area contributed by atoms with Gasteiger partial charge in [-0.25, -0.2) is 0 Å². The summed E-state index contributed by atoms with van der Waals surface area (Å²) < 4.78 is 15.0. The van der Waals surface area contributed by atoms with E-state index in [9.17, 15) is 4.55 Å². The van der Waals surface area contributed by atoms with Crippen LogP contribution in [-0.2, 0) is 23.3 Å². The molecule has 0 radical (unpaired) electrons. The Morgan fingerprint density at radius 2 is 2.00 bits per heavy atom. The Kier molecular flexibility index (Phi) is 3.27. The van der Waals surface area contributed by atoms with Crippen LogP contribution in [0.25, 0.3) is 0 Å². The minimum absolute atomic E-state index is 0.0776. The molecule has 0 N–H and O–H groups in total. The number of hydrogen-bond acceptors (Lipinski definition) is 2. The average molecular weight is 289 g/mol. The van der Waals surface area contributed by atoms with Gasteiger partial charge in [-0.05, 0) is 51.2 Å². The molecule has 1 spiro atoms. The maximum absolute atomic E-state index is 13.0. The number of rotatable bonds is 1. The van der Waals surface area contributed by atoms with Gasteiger partial charge in [-0.1, -0.05) is 36.4 Å². The number of nitrogens with zero attached hydrogens (tertiary/aromatic N) is 1. The lowest BCUT2D eigenvalue weighted by atomic mass is 9.89. The third-order valence-electron chi connectivity index (χ3n) is 4.44. The Morgan fingerprint density at radius 1 is 1.30 bits per heavy atom. The van der Waals surface area contributed by atoms with E-state index in [-0.39, 0.29) is 10.3 Å². The summed E-state index contributed by atoms with van der Waals surface area (Å²) in [6, 6.07) is 8.63. The Labute approximate surface area is 125 Å². The summed E-state index contributed by atoms with van der Waals surface area (Å²) in [6.45, 7) is 11.1. The van der Waals surface area contributed by atoms with E-state index in [1.807, 2.05) is 0 Å². The van der Waals surface area contributed by atoms with Crippen LogP contribution in [0.4, 0.5) is 0 Å². The van der Waals surface area contributed by atoms with Crippen molar-refractivity contribution >= 4 is 11.4 Å². The van der Waals surface area contributed by atoms with Gasteiger partial charge >= 0.3 is 0 Å². The zero-order chi connectivity index (χ0) is 14.5. The normalized spacial score (nSPS) is 28.1. The Balaban J connectivity index is 2.06. The third-order valence-corrected chi connectivity index (χ3v) is 6.36. The van der Waals surface area contributed by atoms with Crippen LogP contribution in [0.3, 0.4) is 0 Å². The predicted octanol–water partition coefficient (Wildman–Crippen LogP) is 3.55. The molecule has 1 saturated heterocycles. The van der Waals surface area contributed by atoms with Gasteiger partial charge in [0.15, 0.2) is 0 Å². The zero-order valence-corrected chi connectivity index (χ0v) is 13.4. The van der Waals surface area contributed by atoms with Gasteiger partial charge in [0, 0.05) is 11.4 Å². The highest BCUT2D eigenvalue weighted by molar-refractivity contribution is 7.90.